The van der Waals surface area contributed by atoms with Gasteiger partial charge >= 0.3 is 0 Å². The summed E-state index contributed by atoms with van der Waals surface area (Å²) < 4.78 is 7.05. The Labute approximate surface area is 94.0 Å². The molecule has 0 aliphatic carbocycles. The third-order valence-corrected chi connectivity index (χ3v) is 2.69. The standard InChI is InChI=1S/C10H15N3OS/c1-4-6-13-9(3)11-12-10(13)15-8-7-14-5-2/h4-5H,1-2,6-8H2,3H3. The molecule has 5 heteroatoms. The number of rotatable bonds is 7. The summed E-state index contributed by atoms with van der Waals surface area (Å²) in [6.45, 7) is 10.5. The van der Waals surface area contributed by atoms with E-state index in [1.54, 1.807) is 11.8 Å². The van der Waals surface area contributed by atoms with E-state index in [1.807, 2.05) is 17.6 Å². The van der Waals surface area contributed by atoms with Gasteiger partial charge in [-0.25, -0.2) is 0 Å². The van der Waals surface area contributed by atoms with Gasteiger partial charge in [-0.1, -0.05) is 24.4 Å². The molecular formula is C10H15N3OS. The summed E-state index contributed by atoms with van der Waals surface area (Å²) in [6.07, 6.45) is 3.28. The van der Waals surface area contributed by atoms with Crippen LogP contribution in [0, 0.1) is 6.92 Å². The maximum absolute atomic E-state index is 5.03. The van der Waals surface area contributed by atoms with Crippen molar-refractivity contribution in [1.82, 2.24) is 14.8 Å². The van der Waals surface area contributed by atoms with E-state index < -0.39 is 0 Å². The van der Waals surface area contributed by atoms with Gasteiger partial charge in [0.25, 0.3) is 0 Å². The second-order valence-corrected chi connectivity index (χ2v) is 3.88. The molecule has 0 bridgehead atoms. The first kappa shape index (κ1) is 11.8. The van der Waals surface area contributed by atoms with Crippen LogP contribution in [-0.4, -0.2) is 27.1 Å². The molecule has 15 heavy (non-hydrogen) atoms. The average molecular weight is 225 g/mol. The molecule has 0 aliphatic heterocycles. The van der Waals surface area contributed by atoms with Crippen molar-refractivity contribution < 1.29 is 4.74 Å². The normalized spacial score (nSPS) is 9.93. The monoisotopic (exact) mass is 225 g/mol. The fourth-order valence-corrected chi connectivity index (χ4v) is 1.90. The third-order valence-electron chi connectivity index (χ3n) is 1.76. The minimum atomic E-state index is 0.633. The highest BCUT2D eigenvalue weighted by Crippen LogP contribution is 2.16. The first-order valence-corrected chi connectivity index (χ1v) is 5.64. The van der Waals surface area contributed by atoms with E-state index in [-0.39, 0.29) is 0 Å². The summed E-state index contributed by atoms with van der Waals surface area (Å²) in [5, 5.41) is 9.00. The molecule has 0 saturated heterocycles. The highest BCUT2D eigenvalue weighted by molar-refractivity contribution is 7.99. The topological polar surface area (TPSA) is 39.9 Å². The highest BCUT2D eigenvalue weighted by Gasteiger charge is 2.07. The molecule has 0 spiro atoms. The molecule has 1 aromatic rings. The van der Waals surface area contributed by atoms with E-state index >= 15 is 0 Å². The lowest BCUT2D eigenvalue weighted by Gasteiger charge is -2.04. The van der Waals surface area contributed by atoms with Crippen molar-refractivity contribution in [3.63, 3.8) is 0 Å². The van der Waals surface area contributed by atoms with Crippen LogP contribution >= 0.6 is 11.8 Å². The summed E-state index contributed by atoms with van der Waals surface area (Å²) in [7, 11) is 0. The van der Waals surface area contributed by atoms with Crippen LogP contribution in [-0.2, 0) is 11.3 Å². The van der Waals surface area contributed by atoms with Crippen molar-refractivity contribution in [1.29, 1.82) is 0 Å². The number of hydrogen-bond donors (Lipinski definition) is 0. The Balaban J connectivity index is 2.52. The van der Waals surface area contributed by atoms with E-state index in [2.05, 4.69) is 23.4 Å². The van der Waals surface area contributed by atoms with Gasteiger partial charge in [0, 0.05) is 12.3 Å². The van der Waals surface area contributed by atoms with E-state index in [4.69, 9.17) is 4.74 Å². The number of aryl methyl sites for hydroxylation is 1. The van der Waals surface area contributed by atoms with Crippen LogP contribution < -0.4 is 0 Å². The maximum Gasteiger partial charge on any atom is 0.191 e. The number of hydrogen-bond acceptors (Lipinski definition) is 4. The maximum atomic E-state index is 5.03. The summed E-state index contributed by atoms with van der Waals surface area (Å²) in [5.41, 5.74) is 0. The molecule has 0 aliphatic rings. The van der Waals surface area contributed by atoms with E-state index in [0.717, 1.165) is 23.3 Å². The van der Waals surface area contributed by atoms with Crippen molar-refractivity contribution >= 4 is 11.8 Å². The molecule has 1 heterocycles. The minimum Gasteiger partial charge on any atom is -0.501 e. The van der Waals surface area contributed by atoms with Crippen molar-refractivity contribution in [3.8, 4) is 0 Å². The molecule has 1 aromatic heterocycles. The van der Waals surface area contributed by atoms with Crippen molar-refractivity contribution in [3.05, 3.63) is 31.3 Å². The third kappa shape index (κ3) is 3.43. The van der Waals surface area contributed by atoms with Crippen LogP contribution in [0.5, 0.6) is 0 Å². The van der Waals surface area contributed by atoms with Gasteiger partial charge in [-0.15, -0.1) is 16.8 Å². The van der Waals surface area contributed by atoms with Crippen molar-refractivity contribution in [2.24, 2.45) is 0 Å². The molecule has 1 rings (SSSR count). The number of aromatic nitrogens is 3. The molecule has 0 N–H and O–H groups in total. The summed E-state index contributed by atoms with van der Waals surface area (Å²) in [5.74, 6) is 1.74. The van der Waals surface area contributed by atoms with E-state index in [1.165, 1.54) is 6.26 Å². The van der Waals surface area contributed by atoms with Crippen molar-refractivity contribution in [2.75, 3.05) is 12.4 Å². The minimum absolute atomic E-state index is 0.633. The Hall–Kier alpha value is -1.23. The van der Waals surface area contributed by atoms with Gasteiger partial charge in [0.2, 0.25) is 0 Å². The van der Waals surface area contributed by atoms with Gasteiger partial charge in [0.15, 0.2) is 5.16 Å². The van der Waals surface area contributed by atoms with Crippen LogP contribution in [0.25, 0.3) is 0 Å². The zero-order valence-corrected chi connectivity index (χ0v) is 9.66. The van der Waals surface area contributed by atoms with Crippen LogP contribution in [0.4, 0.5) is 0 Å². The van der Waals surface area contributed by atoms with Gasteiger partial charge < -0.3 is 9.30 Å². The number of ether oxygens (including phenoxy) is 1. The van der Waals surface area contributed by atoms with Crippen molar-refractivity contribution in [2.45, 2.75) is 18.6 Å². The number of nitrogens with zero attached hydrogens (tertiary/aromatic N) is 3. The molecule has 0 atom stereocenters. The Kier molecular flexibility index (Phi) is 4.97. The predicted molar refractivity (Wildman–Crippen MR) is 61.8 cm³/mol. The van der Waals surface area contributed by atoms with Crippen LogP contribution in [0.15, 0.2) is 30.7 Å². The first-order chi connectivity index (χ1) is 7.29. The lowest BCUT2D eigenvalue weighted by atomic mass is 10.6. The molecular weight excluding hydrogens is 210 g/mol. The fraction of sp³-hybridized carbons (Fsp3) is 0.400. The predicted octanol–water partition coefficient (Wildman–Crippen LogP) is 2.02. The smallest absolute Gasteiger partial charge is 0.191 e. The van der Waals surface area contributed by atoms with Gasteiger partial charge in [-0.2, -0.15) is 0 Å². The Bertz CT molecular complexity index is 335. The Morgan fingerprint density at radius 1 is 1.47 bits per heavy atom. The molecule has 0 amide bonds. The second kappa shape index (κ2) is 6.29. The zero-order valence-electron chi connectivity index (χ0n) is 8.85. The van der Waals surface area contributed by atoms with Gasteiger partial charge in [-0.3, -0.25) is 0 Å². The van der Waals surface area contributed by atoms with Crippen LogP contribution in [0.1, 0.15) is 5.82 Å². The molecule has 0 saturated carbocycles. The largest absolute Gasteiger partial charge is 0.501 e. The van der Waals surface area contributed by atoms with Gasteiger partial charge in [0.05, 0.1) is 12.9 Å². The van der Waals surface area contributed by atoms with Crippen LogP contribution in [0.2, 0.25) is 0 Å². The average Bonchev–Trinajstić information content (AvgIpc) is 2.57. The van der Waals surface area contributed by atoms with Gasteiger partial charge in [0.1, 0.15) is 5.82 Å². The Morgan fingerprint density at radius 3 is 2.93 bits per heavy atom. The fourth-order valence-electron chi connectivity index (χ4n) is 1.07. The van der Waals surface area contributed by atoms with Gasteiger partial charge in [-0.05, 0) is 6.92 Å². The molecule has 0 fully saturated rings. The summed E-state index contributed by atoms with van der Waals surface area (Å²) in [6, 6.07) is 0. The molecule has 4 nitrogen and oxygen atoms in total. The lowest BCUT2D eigenvalue weighted by molar-refractivity contribution is 0.274. The SMILES string of the molecule is C=CCn1c(C)nnc1SCCOC=C. The second-order valence-electron chi connectivity index (χ2n) is 2.81. The van der Waals surface area contributed by atoms with E-state index in [9.17, 15) is 0 Å². The first-order valence-electron chi connectivity index (χ1n) is 4.65. The summed E-state index contributed by atoms with van der Waals surface area (Å²) >= 11 is 1.62. The lowest BCUT2D eigenvalue weighted by Crippen LogP contribution is -2.01. The molecule has 82 valence electrons. The quantitative estimate of drug-likeness (QED) is 0.308. The Morgan fingerprint density at radius 2 is 2.27 bits per heavy atom. The molecule has 0 radical (unpaired) electrons. The summed E-state index contributed by atoms with van der Waals surface area (Å²) in [4.78, 5) is 0. The number of thioether (sulfide) groups is 1. The molecule has 0 aromatic carbocycles. The van der Waals surface area contributed by atoms with Crippen LogP contribution in [0.3, 0.4) is 0 Å². The highest BCUT2D eigenvalue weighted by atomic mass is 32.2. The number of allylic oxidation sites excluding steroid dienone is 1. The molecule has 0 unspecified atom stereocenters. The zero-order chi connectivity index (χ0) is 11.1. The van der Waals surface area contributed by atoms with E-state index in [0.29, 0.717) is 6.61 Å².